The SMILES string of the molecule is CNC(=O)Cn1ccc2cccc(CNC3CC3)c21. The van der Waals surface area contributed by atoms with Crippen LogP contribution in [0.2, 0.25) is 0 Å². The molecule has 1 aliphatic rings. The molecule has 4 heteroatoms. The summed E-state index contributed by atoms with van der Waals surface area (Å²) in [4.78, 5) is 11.6. The number of nitrogens with zero attached hydrogens (tertiary/aromatic N) is 1. The molecule has 1 aromatic heterocycles. The van der Waals surface area contributed by atoms with Crippen LogP contribution in [0.4, 0.5) is 0 Å². The van der Waals surface area contributed by atoms with Gasteiger partial charge in [0.15, 0.2) is 0 Å². The molecule has 0 saturated heterocycles. The second-order valence-electron chi connectivity index (χ2n) is 5.13. The van der Waals surface area contributed by atoms with E-state index in [0.29, 0.717) is 12.6 Å². The second kappa shape index (κ2) is 5.05. The lowest BCUT2D eigenvalue weighted by Crippen LogP contribution is -2.23. The third kappa shape index (κ3) is 2.63. The Balaban J connectivity index is 1.90. The topological polar surface area (TPSA) is 46.1 Å². The third-order valence-electron chi connectivity index (χ3n) is 3.62. The van der Waals surface area contributed by atoms with E-state index in [4.69, 9.17) is 0 Å². The summed E-state index contributed by atoms with van der Waals surface area (Å²) < 4.78 is 2.03. The Labute approximate surface area is 112 Å². The van der Waals surface area contributed by atoms with Crippen LogP contribution in [0.25, 0.3) is 10.9 Å². The van der Waals surface area contributed by atoms with Crippen molar-refractivity contribution >= 4 is 16.8 Å². The smallest absolute Gasteiger partial charge is 0.239 e. The van der Waals surface area contributed by atoms with Gasteiger partial charge in [0, 0.05) is 25.8 Å². The summed E-state index contributed by atoms with van der Waals surface area (Å²) in [7, 11) is 1.67. The van der Waals surface area contributed by atoms with Crippen LogP contribution in [0.5, 0.6) is 0 Å². The first-order valence-corrected chi connectivity index (χ1v) is 6.78. The molecule has 100 valence electrons. The summed E-state index contributed by atoms with van der Waals surface area (Å²) in [6.45, 7) is 1.25. The van der Waals surface area contributed by atoms with Crippen LogP contribution in [0.15, 0.2) is 30.5 Å². The van der Waals surface area contributed by atoms with E-state index in [1.807, 2.05) is 10.8 Å². The number of hydrogen-bond acceptors (Lipinski definition) is 2. The van der Waals surface area contributed by atoms with Crippen LogP contribution >= 0.6 is 0 Å². The van der Waals surface area contributed by atoms with E-state index in [9.17, 15) is 4.79 Å². The molecule has 1 aromatic carbocycles. The van der Waals surface area contributed by atoms with Gasteiger partial charge in [-0.15, -0.1) is 0 Å². The number of amides is 1. The fraction of sp³-hybridized carbons (Fsp3) is 0.400. The van der Waals surface area contributed by atoms with E-state index >= 15 is 0 Å². The number of aromatic nitrogens is 1. The summed E-state index contributed by atoms with van der Waals surface area (Å²) >= 11 is 0. The number of carbonyl (C=O) groups excluding carboxylic acids is 1. The van der Waals surface area contributed by atoms with Crippen molar-refractivity contribution in [2.45, 2.75) is 32.0 Å². The Kier molecular flexibility index (Phi) is 3.25. The molecule has 0 bridgehead atoms. The molecule has 4 nitrogen and oxygen atoms in total. The Morgan fingerprint density at radius 1 is 1.37 bits per heavy atom. The predicted octanol–water partition coefficient (Wildman–Crippen LogP) is 1.64. The number of fused-ring (bicyclic) bond motifs is 1. The maximum atomic E-state index is 11.6. The molecule has 1 aliphatic carbocycles. The van der Waals surface area contributed by atoms with Gasteiger partial charge in [-0.2, -0.15) is 0 Å². The Morgan fingerprint density at radius 3 is 2.95 bits per heavy atom. The highest BCUT2D eigenvalue weighted by Gasteiger charge is 2.20. The van der Waals surface area contributed by atoms with Crippen molar-refractivity contribution in [1.29, 1.82) is 0 Å². The zero-order valence-corrected chi connectivity index (χ0v) is 11.1. The normalized spacial score (nSPS) is 14.8. The van der Waals surface area contributed by atoms with Crippen LogP contribution in [-0.4, -0.2) is 23.6 Å². The number of carbonyl (C=O) groups is 1. The minimum Gasteiger partial charge on any atom is -0.358 e. The average Bonchev–Trinajstić information content (AvgIpc) is 3.17. The predicted molar refractivity (Wildman–Crippen MR) is 75.9 cm³/mol. The molecule has 0 atom stereocenters. The van der Waals surface area contributed by atoms with E-state index in [1.54, 1.807) is 7.05 Å². The highest BCUT2D eigenvalue weighted by atomic mass is 16.1. The molecule has 19 heavy (non-hydrogen) atoms. The first kappa shape index (κ1) is 12.2. The standard InChI is InChI=1S/C15H19N3O/c1-16-14(19)10-18-8-7-11-3-2-4-12(15(11)18)9-17-13-5-6-13/h2-4,7-8,13,17H,5-6,9-10H2,1H3,(H,16,19). The van der Waals surface area contributed by atoms with Gasteiger partial charge in [-0.25, -0.2) is 0 Å². The van der Waals surface area contributed by atoms with Crippen molar-refractivity contribution in [1.82, 2.24) is 15.2 Å². The summed E-state index contributed by atoms with van der Waals surface area (Å²) in [5.74, 6) is 0.0301. The lowest BCUT2D eigenvalue weighted by Gasteiger charge is -2.10. The van der Waals surface area contributed by atoms with Crippen molar-refractivity contribution in [2.75, 3.05) is 7.05 Å². The first-order chi connectivity index (χ1) is 9.28. The maximum absolute atomic E-state index is 11.6. The third-order valence-corrected chi connectivity index (χ3v) is 3.62. The Hall–Kier alpha value is -1.81. The number of benzene rings is 1. The number of para-hydroxylation sites is 1. The molecule has 3 rings (SSSR count). The fourth-order valence-electron chi connectivity index (χ4n) is 2.39. The second-order valence-corrected chi connectivity index (χ2v) is 5.13. The highest BCUT2D eigenvalue weighted by Crippen LogP contribution is 2.23. The van der Waals surface area contributed by atoms with E-state index in [-0.39, 0.29) is 5.91 Å². The van der Waals surface area contributed by atoms with Gasteiger partial charge in [0.2, 0.25) is 5.91 Å². The molecule has 1 amide bonds. The summed E-state index contributed by atoms with van der Waals surface area (Å²) in [6.07, 6.45) is 4.56. The van der Waals surface area contributed by atoms with Gasteiger partial charge in [0.05, 0.1) is 5.52 Å². The number of nitrogens with one attached hydrogen (secondary N) is 2. The lowest BCUT2D eigenvalue weighted by atomic mass is 10.1. The van der Waals surface area contributed by atoms with Crippen LogP contribution < -0.4 is 10.6 Å². The molecule has 0 spiro atoms. The highest BCUT2D eigenvalue weighted by molar-refractivity contribution is 5.85. The molecule has 1 heterocycles. The molecule has 0 radical (unpaired) electrons. The van der Waals surface area contributed by atoms with Crippen molar-refractivity contribution < 1.29 is 4.79 Å². The first-order valence-electron chi connectivity index (χ1n) is 6.78. The molecule has 2 aromatic rings. The van der Waals surface area contributed by atoms with Gasteiger partial charge < -0.3 is 15.2 Å². The average molecular weight is 257 g/mol. The van der Waals surface area contributed by atoms with Crippen molar-refractivity contribution in [3.63, 3.8) is 0 Å². The fourth-order valence-corrected chi connectivity index (χ4v) is 2.39. The summed E-state index contributed by atoms with van der Waals surface area (Å²) in [5.41, 5.74) is 2.43. The van der Waals surface area contributed by atoms with E-state index in [2.05, 4.69) is 34.9 Å². The monoisotopic (exact) mass is 257 g/mol. The van der Waals surface area contributed by atoms with Crippen LogP contribution in [0, 0.1) is 0 Å². The van der Waals surface area contributed by atoms with Gasteiger partial charge in [-0.3, -0.25) is 4.79 Å². The zero-order chi connectivity index (χ0) is 13.2. The van der Waals surface area contributed by atoms with Gasteiger partial charge in [-0.1, -0.05) is 18.2 Å². The van der Waals surface area contributed by atoms with Gasteiger partial charge >= 0.3 is 0 Å². The Morgan fingerprint density at radius 2 is 2.21 bits per heavy atom. The lowest BCUT2D eigenvalue weighted by molar-refractivity contribution is -0.121. The molecular weight excluding hydrogens is 238 g/mol. The minimum absolute atomic E-state index is 0.0301. The minimum atomic E-state index is 0.0301. The van der Waals surface area contributed by atoms with E-state index < -0.39 is 0 Å². The number of likely N-dealkylation sites (N-methyl/N-ethyl adjacent to an activating group) is 1. The van der Waals surface area contributed by atoms with Gasteiger partial charge in [0.25, 0.3) is 0 Å². The largest absolute Gasteiger partial charge is 0.358 e. The number of rotatable bonds is 5. The molecule has 1 fully saturated rings. The van der Waals surface area contributed by atoms with Crippen molar-refractivity contribution in [3.8, 4) is 0 Å². The van der Waals surface area contributed by atoms with Crippen LogP contribution in [-0.2, 0) is 17.9 Å². The van der Waals surface area contributed by atoms with Crippen LogP contribution in [0.3, 0.4) is 0 Å². The molecule has 0 unspecified atom stereocenters. The zero-order valence-electron chi connectivity index (χ0n) is 11.1. The number of hydrogen-bond donors (Lipinski definition) is 2. The summed E-state index contributed by atoms with van der Waals surface area (Å²) in [6, 6.07) is 9.07. The molecule has 2 N–H and O–H groups in total. The van der Waals surface area contributed by atoms with Crippen molar-refractivity contribution in [3.05, 3.63) is 36.0 Å². The molecule has 1 saturated carbocycles. The summed E-state index contributed by atoms with van der Waals surface area (Å²) in [5, 5.41) is 7.40. The molecular formula is C15H19N3O. The van der Waals surface area contributed by atoms with Gasteiger partial charge in [-0.05, 0) is 29.9 Å². The quantitative estimate of drug-likeness (QED) is 0.855. The molecule has 0 aliphatic heterocycles. The van der Waals surface area contributed by atoms with Crippen molar-refractivity contribution in [2.24, 2.45) is 0 Å². The van der Waals surface area contributed by atoms with E-state index in [1.165, 1.54) is 29.3 Å². The van der Waals surface area contributed by atoms with Gasteiger partial charge in [0.1, 0.15) is 6.54 Å². The Bertz CT molecular complexity index is 598. The van der Waals surface area contributed by atoms with Crippen LogP contribution in [0.1, 0.15) is 18.4 Å². The maximum Gasteiger partial charge on any atom is 0.239 e. The van der Waals surface area contributed by atoms with E-state index in [0.717, 1.165) is 6.54 Å².